The second kappa shape index (κ2) is 3.15. The lowest BCUT2D eigenvalue weighted by molar-refractivity contribution is 0.316. The van der Waals surface area contributed by atoms with E-state index in [4.69, 9.17) is 10.4 Å². The van der Waals surface area contributed by atoms with Gasteiger partial charge >= 0.3 is 0 Å². The van der Waals surface area contributed by atoms with Gasteiger partial charge in [-0.2, -0.15) is 0 Å². The zero-order valence-electron chi connectivity index (χ0n) is 8.60. The van der Waals surface area contributed by atoms with Crippen molar-refractivity contribution < 1.29 is 10.4 Å². The number of nitrogens with zero attached hydrogens (tertiary/aromatic N) is 4. The van der Waals surface area contributed by atoms with Crippen molar-refractivity contribution in [3.8, 4) is 0 Å². The highest BCUT2D eigenvalue weighted by Gasteiger charge is 2.36. The zero-order chi connectivity index (χ0) is 11.1. The van der Waals surface area contributed by atoms with Gasteiger partial charge in [-0.3, -0.25) is 9.98 Å². The third kappa shape index (κ3) is 1.51. The third-order valence-electron chi connectivity index (χ3n) is 2.38. The summed E-state index contributed by atoms with van der Waals surface area (Å²) >= 11 is 0. The summed E-state index contributed by atoms with van der Waals surface area (Å²) in [6, 6.07) is 0. The summed E-state index contributed by atoms with van der Waals surface area (Å²) in [6.07, 6.45) is 1.04. The second-order valence-electron chi connectivity index (χ2n) is 4.01. The van der Waals surface area contributed by atoms with E-state index in [-0.39, 0.29) is 0 Å². The Balaban J connectivity index is 2.52. The van der Waals surface area contributed by atoms with Crippen molar-refractivity contribution in [1.29, 1.82) is 0 Å². The molecule has 0 bridgehead atoms. The number of hydrogen-bond donors (Lipinski definition) is 2. The van der Waals surface area contributed by atoms with Gasteiger partial charge < -0.3 is 10.4 Å². The van der Waals surface area contributed by atoms with Gasteiger partial charge in [-0.25, -0.2) is 0 Å². The van der Waals surface area contributed by atoms with E-state index in [2.05, 4.69) is 20.3 Å². The Bertz CT molecular complexity index is 380. The van der Waals surface area contributed by atoms with Crippen LogP contribution in [0.2, 0.25) is 0 Å². The van der Waals surface area contributed by atoms with Crippen LogP contribution in [0.25, 0.3) is 0 Å². The molecule has 2 rings (SSSR count). The normalized spacial score (nSPS) is 28.9. The Hall–Kier alpha value is -1.72. The Morgan fingerprint density at radius 1 is 1.00 bits per heavy atom. The van der Waals surface area contributed by atoms with Crippen LogP contribution in [0.3, 0.4) is 0 Å². The van der Waals surface area contributed by atoms with Crippen molar-refractivity contribution in [1.82, 2.24) is 0 Å². The van der Waals surface area contributed by atoms with Gasteiger partial charge in [0.2, 0.25) is 0 Å². The average molecular weight is 208 g/mol. The van der Waals surface area contributed by atoms with Crippen molar-refractivity contribution in [2.75, 3.05) is 0 Å². The fourth-order valence-corrected chi connectivity index (χ4v) is 1.75. The van der Waals surface area contributed by atoms with Crippen molar-refractivity contribution in [3.05, 3.63) is 0 Å². The average Bonchev–Trinajstić information content (AvgIpc) is 2.51. The summed E-state index contributed by atoms with van der Waals surface area (Å²) in [7, 11) is 0. The van der Waals surface area contributed by atoms with Crippen LogP contribution >= 0.6 is 0 Å². The number of oxime groups is 2. The minimum atomic E-state index is -0.569. The molecule has 1 fully saturated rings. The molecular formula is C9H12N4O2. The largest absolute Gasteiger partial charge is 0.411 e. The second-order valence-corrected chi connectivity index (χ2v) is 4.01. The van der Waals surface area contributed by atoms with E-state index in [9.17, 15) is 0 Å². The first-order valence-corrected chi connectivity index (χ1v) is 4.70. The zero-order valence-corrected chi connectivity index (χ0v) is 8.60. The Labute approximate surface area is 86.7 Å². The van der Waals surface area contributed by atoms with Crippen LogP contribution < -0.4 is 0 Å². The highest BCUT2D eigenvalue weighted by molar-refractivity contribution is 6.85. The summed E-state index contributed by atoms with van der Waals surface area (Å²) in [6.45, 7) is 3.69. The predicted octanol–water partition coefficient (Wildman–Crippen LogP) is 1.07. The molecule has 1 saturated carbocycles. The quantitative estimate of drug-likeness (QED) is 0.460. The number of aliphatic imine (C=N–C) groups is 2. The molecule has 0 radical (unpaired) electrons. The van der Waals surface area contributed by atoms with Gasteiger partial charge in [-0.15, -0.1) is 0 Å². The first-order chi connectivity index (χ1) is 7.07. The topological polar surface area (TPSA) is 89.9 Å². The van der Waals surface area contributed by atoms with Crippen LogP contribution in [-0.4, -0.2) is 38.9 Å². The molecular weight excluding hydrogens is 196 g/mol. The highest BCUT2D eigenvalue weighted by Crippen LogP contribution is 2.24. The van der Waals surface area contributed by atoms with E-state index in [0.717, 1.165) is 0 Å². The first-order valence-electron chi connectivity index (χ1n) is 4.70. The van der Waals surface area contributed by atoms with Crippen LogP contribution in [-0.2, 0) is 0 Å². The molecule has 15 heavy (non-hydrogen) atoms. The van der Waals surface area contributed by atoms with Crippen molar-refractivity contribution in [2.24, 2.45) is 20.3 Å². The maximum Gasteiger partial charge on any atom is 0.146 e. The van der Waals surface area contributed by atoms with Gasteiger partial charge in [0.05, 0.1) is 0 Å². The lowest BCUT2D eigenvalue weighted by Crippen LogP contribution is -2.34. The molecule has 1 aliphatic carbocycles. The maximum atomic E-state index is 8.82. The smallest absolute Gasteiger partial charge is 0.146 e. The molecule has 0 spiro atoms. The maximum absolute atomic E-state index is 8.82. The van der Waals surface area contributed by atoms with Gasteiger partial charge in [0.25, 0.3) is 0 Å². The van der Waals surface area contributed by atoms with Crippen molar-refractivity contribution in [2.45, 2.75) is 32.4 Å². The predicted molar refractivity (Wildman–Crippen MR) is 56.6 cm³/mol. The van der Waals surface area contributed by atoms with E-state index in [0.29, 0.717) is 35.7 Å². The molecule has 2 N–H and O–H groups in total. The Morgan fingerprint density at radius 2 is 1.40 bits per heavy atom. The molecule has 2 aliphatic rings. The summed E-state index contributed by atoms with van der Waals surface area (Å²) in [5.41, 5.74) is 1.53. The summed E-state index contributed by atoms with van der Waals surface area (Å²) in [4.78, 5) is 8.65. The van der Waals surface area contributed by atoms with E-state index in [1.165, 1.54) is 0 Å². The lowest BCUT2D eigenvalue weighted by atomic mass is 9.93. The van der Waals surface area contributed by atoms with Gasteiger partial charge in [0.1, 0.15) is 28.5 Å². The van der Waals surface area contributed by atoms with Gasteiger partial charge in [-0.1, -0.05) is 10.3 Å². The molecule has 0 aromatic rings. The summed E-state index contributed by atoms with van der Waals surface area (Å²) < 4.78 is 0. The van der Waals surface area contributed by atoms with Crippen LogP contribution in [0.15, 0.2) is 20.3 Å². The molecule has 0 aromatic heterocycles. The molecule has 1 aliphatic heterocycles. The van der Waals surface area contributed by atoms with Gasteiger partial charge in [-0.05, 0) is 13.8 Å². The number of rotatable bonds is 0. The van der Waals surface area contributed by atoms with E-state index >= 15 is 0 Å². The third-order valence-corrected chi connectivity index (χ3v) is 2.38. The van der Waals surface area contributed by atoms with E-state index in [1.807, 2.05) is 13.8 Å². The molecule has 80 valence electrons. The molecule has 0 aromatic carbocycles. The first kappa shape index (κ1) is 9.82. The minimum absolute atomic E-state index is 0.506. The minimum Gasteiger partial charge on any atom is -0.411 e. The molecule has 0 unspecified atom stereocenters. The Morgan fingerprint density at radius 3 is 1.73 bits per heavy atom. The molecule has 0 amide bonds. The number of fused-ring (bicyclic) bond motifs is 1. The van der Waals surface area contributed by atoms with Crippen LogP contribution in [0.4, 0.5) is 0 Å². The van der Waals surface area contributed by atoms with Gasteiger partial charge in [0, 0.05) is 12.8 Å². The van der Waals surface area contributed by atoms with Crippen molar-refractivity contribution in [3.63, 3.8) is 0 Å². The fraction of sp³-hybridized carbons (Fsp3) is 0.556. The fourth-order valence-electron chi connectivity index (χ4n) is 1.75. The summed E-state index contributed by atoms with van der Waals surface area (Å²) in [5, 5.41) is 24.0. The van der Waals surface area contributed by atoms with E-state index < -0.39 is 5.66 Å². The molecule has 1 heterocycles. The van der Waals surface area contributed by atoms with Crippen molar-refractivity contribution >= 4 is 22.8 Å². The van der Waals surface area contributed by atoms with Crippen LogP contribution in [0, 0.1) is 0 Å². The summed E-state index contributed by atoms with van der Waals surface area (Å²) in [5.74, 6) is 0. The van der Waals surface area contributed by atoms with E-state index in [1.54, 1.807) is 0 Å². The molecule has 6 nitrogen and oxygen atoms in total. The molecule has 6 heteroatoms. The monoisotopic (exact) mass is 208 g/mol. The van der Waals surface area contributed by atoms with Crippen LogP contribution in [0.1, 0.15) is 26.7 Å². The SMILES string of the molecule is CC1(C)N=C2C(=N1)/C(=N/O)CC/C2=N/O. The Kier molecular flexibility index (Phi) is 2.06. The lowest BCUT2D eigenvalue weighted by Gasteiger charge is -2.13. The van der Waals surface area contributed by atoms with Gasteiger partial charge in [0.15, 0.2) is 0 Å². The highest BCUT2D eigenvalue weighted by atomic mass is 16.4. The molecule has 0 saturated heterocycles. The number of hydrogen-bond acceptors (Lipinski definition) is 6. The van der Waals surface area contributed by atoms with Crippen LogP contribution in [0.5, 0.6) is 0 Å². The molecule has 0 atom stereocenters. The standard InChI is InChI=1S/C9H12N4O2/c1-9(2)10-7-5(12-14)3-4-6(13-15)8(7)11-9/h14-15H,3-4H2,1-2H3/b12-5-,13-6+.